The van der Waals surface area contributed by atoms with Crippen molar-refractivity contribution in [1.29, 1.82) is 0 Å². The minimum atomic E-state index is -4.83. The van der Waals surface area contributed by atoms with Crippen LogP contribution in [0.25, 0.3) is 0 Å². The second-order valence-electron chi connectivity index (χ2n) is 5.50. The zero-order valence-electron chi connectivity index (χ0n) is 12.3. The number of benzene rings is 1. The molecule has 1 aliphatic rings. The van der Waals surface area contributed by atoms with E-state index in [1.807, 2.05) is 0 Å². The van der Waals surface area contributed by atoms with Crippen molar-refractivity contribution in [3.8, 4) is 0 Å². The van der Waals surface area contributed by atoms with Crippen molar-refractivity contribution in [1.82, 2.24) is 4.31 Å². The SMILES string of the molecule is O=S(=O)(c1ccc(Cl)cc1C(F)(F)F)N(Cc1ccco1)C1CC1. The minimum absolute atomic E-state index is 0.111. The van der Waals surface area contributed by atoms with Crippen molar-refractivity contribution in [2.75, 3.05) is 0 Å². The first-order valence-electron chi connectivity index (χ1n) is 7.10. The largest absolute Gasteiger partial charge is 0.468 e. The monoisotopic (exact) mass is 379 g/mol. The molecule has 1 aromatic carbocycles. The van der Waals surface area contributed by atoms with Crippen molar-refractivity contribution in [2.24, 2.45) is 0 Å². The van der Waals surface area contributed by atoms with Gasteiger partial charge in [0.2, 0.25) is 10.0 Å². The number of rotatable bonds is 5. The molecule has 0 atom stereocenters. The van der Waals surface area contributed by atoms with Crippen molar-refractivity contribution < 1.29 is 26.0 Å². The first-order valence-corrected chi connectivity index (χ1v) is 8.92. The number of halogens is 4. The molecule has 3 rings (SSSR count). The van der Waals surface area contributed by atoms with Crippen LogP contribution in [0, 0.1) is 0 Å². The van der Waals surface area contributed by atoms with Gasteiger partial charge >= 0.3 is 6.18 Å². The molecule has 0 saturated heterocycles. The summed E-state index contributed by atoms with van der Waals surface area (Å²) in [6.07, 6.45) is -2.23. The fraction of sp³-hybridized carbons (Fsp3) is 0.333. The molecule has 1 saturated carbocycles. The van der Waals surface area contributed by atoms with Crippen LogP contribution in [-0.2, 0) is 22.7 Å². The standard InChI is InChI=1S/C15H13ClF3NO3S/c16-10-3-6-14(13(8-10)15(17,18)19)24(21,22)20(11-4-5-11)9-12-2-1-7-23-12/h1-3,6-8,11H,4-5,9H2. The maximum atomic E-state index is 13.3. The zero-order chi connectivity index (χ0) is 17.5. The number of alkyl halides is 3. The number of hydrogen-bond donors (Lipinski definition) is 0. The van der Waals surface area contributed by atoms with Gasteiger partial charge in [-0.15, -0.1) is 0 Å². The lowest BCUT2D eigenvalue weighted by Crippen LogP contribution is -2.33. The van der Waals surface area contributed by atoms with E-state index in [0.29, 0.717) is 24.7 Å². The van der Waals surface area contributed by atoms with Crippen LogP contribution in [0.15, 0.2) is 45.9 Å². The summed E-state index contributed by atoms with van der Waals surface area (Å²) in [5.74, 6) is 0.369. The quantitative estimate of drug-likeness (QED) is 0.778. The lowest BCUT2D eigenvalue weighted by molar-refractivity contribution is -0.139. The van der Waals surface area contributed by atoms with Gasteiger partial charge in [-0.2, -0.15) is 17.5 Å². The zero-order valence-corrected chi connectivity index (χ0v) is 13.8. The first kappa shape index (κ1) is 17.3. The molecular weight excluding hydrogens is 367 g/mol. The fourth-order valence-corrected chi connectivity index (χ4v) is 4.42. The van der Waals surface area contributed by atoms with Gasteiger partial charge in [0, 0.05) is 11.1 Å². The van der Waals surface area contributed by atoms with E-state index in [-0.39, 0.29) is 17.6 Å². The van der Waals surface area contributed by atoms with Gasteiger partial charge in [-0.1, -0.05) is 11.6 Å². The van der Waals surface area contributed by atoms with Gasteiger partial charge in [0.1, 0.15) is 5.76 Å². The van der Waals surface area contributed by atoms with E-state index in [9.17, 15) is 21.6 Å². The van der Waals surface area contributed by atoms with Crippen LogP contribution < -0.4 is 0 Å². The Morgan fingerprint density at radius 1 is 1.25 bits per heavy atom. The third-order valence-electron chi connectivity index (χ3n) is 3.68. The molecule has 1 fully saturated rings. The van der Waals surface area contributed by atoms with Crippen LogP contribution in [0.5, 0.6) is 0 Å². The normalized spacial score (nSPS) is 15.9. The van der Waals surface area contributed by atoms with E-state index in [1.54, 1.807) is 12.1 Å². The highest BCUT2D eigenvalue weighted by Gasteiger charge is 2.43. The molecule has 0 bridgehead atoms. The molecule has 9 heteroatoms. The second kappa shape index (κ2) is 6.09. The number of hydrogen-bond acceptors (Lipinski definition) is 3. The summed E-state index contributed by atoms with van der Waals surface area (Å²) in [4.78, 5) is -0.794. The maximum Gasteiger partial charge on any atom is 0.417 e. The highest BCUT2D eigenvalue weighted by molar-refractivity contribution is 7.89. The van der Waals surface area contributed by atoms with Crippen LogP contribution >= 0.6 is 11.6 Å². The number of nitrogens with zero attached hydrogens (tertiary/aromatic N) is 1. The molecule has 1 aromatic heterocycles. The molecule has 2 aromatic rings. The summed E-state index contributed by atoms with van der Waals surface area (Å²) in [7, 11) is -4.35. The molecule has 0 spiro atoms. The van der Waals surface area contributed by atoms with Crippen molar-refractivity contribution in [2.45, 2.75) is 36.5 Å². The summed E-state index contributed by atoms with van der Waals surface area (Å²) in [6, 6.07) is 5.52. The van der Waals surface area contributed by atoms with Gasteiger partial charge in [-0.3, -0.25) is 0 Å². The minimum Gasteiger partial charge on any atom is -0.468 e. The summed E-state index contributed by atoms with van der Waals surface area (Å²) < 4.78 is 71.7. The van der Waals surface area contributed by atoms with Crippen LogP contribution in [-0.4, -0.2) is 18.8 Å². The first-order chi connectivity index (χ1) is 11.2. The lowest BCUT2D eigenvalue weighted by Gasteiger charge is -2.23. The highest BCUT2D eigenvalue weighted by Crippen LogP contribution is 2.40. The molecule has 1 heterocycles. The topological polar surface area (TPSA) is 50.5 Å². The Morgan fingerprint density at radius 3 is 2.50 bits per heavy atom. The molecule has 0 amide bonds. The van der Waals surface area contributed by atoms with Crippen LogP contribution in [0.2, 0.25) is 5.02 Å². The fourth-order valence-electron chi connectivity index (χ4n) is 2.40. The Morgan fingerprint density at radius 2 is 1.96 bits per heavy atom. The van der Waals surface area contributed by atoms with Crippen molar-refractivity contribution in [3.05, 3.63) is 52.9 Å². The van der Waals surface area contributed by atoms with Gasteiger partial charge in [0.25, 0.3) is 0 Å². The van der Waals surface area contributed by atoms with E-state index in [0.717, 1.165) is 16.4 Å². The summed E-state index contributed by atoms with van der Waals surface area (Å²) in [5.41, 5.74) is -1.26. The third-order valence-corrected chi connectivity index (χ3v) is 5.87. The molecular formula is C15H13ClF3NO3S. The van der Waals surface area contributed by atoms with Crippen LogP contribution in [0.1, 0.15) is 24.2 Å². The molecule has 130 valence electrons. The Kier molecular flexibility index (Phi) is 4.39. The summed E-state index contributed by atoms with van der Waals surface area (Å²) in [6.45, 7) is -0.111. The number of furan rings is 1. The molecule has 0 N–H and O–H groups in total. The Hall–Kier alpha value is -1.51. The summed E-state index contributed by atoms with van der Waals surface area (Å²) >= 11 is 5.62. The average Bonchev–Trinajstić information content (AvgIpc) is 3.19. The number of sulfonamides is 1. The van der Waals surface area contributed by atoms with E-state index < -0.39 is 26.7 Å². The highest BCUT2D eigenvalue weighted by atomic mass is 35.5. The van der Waals surface area contributed by atoms with E-state index in [4.69, 9.17) is 16.0 Å². The van der Waals surface area contributed by atoms with E-state index >= 15 is 0 Å². The Bertz CT molecular complexity index is 830. The predicted octanol–water partition coefficient (Wildman–Crippen LogP) is 4.31. The molecule has 4 nitrogen and oxygen atoms in total. The van der Waals surface area contributed by atoms with E-state index in [2.05, 4.69) is 0 Å². The Labute approximate surface area is 141 Å². The second-order valence-corrected chi connectivity index (χ2v) is 7.79. The van der Waals surface area contributed by atoms with Crippen molar-refractivity contribution in [3.63, 3.8) is 0 Å². The van der Waals surface area contributed by atoms with Crippen LogP contribution in [0.3, 0.4) is 0 Å². The average molecular weight is 380 g/mol. The maximum absolute atomic E-state index is 13.3. The molecule has 1 aliphatic carbocycles. The molecule has 0 aliphatic heterocycles. The van der Waals surface area contributed by atoms with Crippen LogP contribution in [0.4, 0.5) is 13.2 Å². The third kappa shape index (κ3) is 3.45. The van der Waals surface area contributed by atoms with Gasteiger partial charge < -0.3 is 4.42 Å². The summed E-state index contributed by atoms with van der Waals surface area (Å²) in [5, 5.41) is -0.176. The molecule has 0 radical (unpaired) electrons. The van der Waals surface area contributed by atoms with Gasteiger partial charge in [0.05, 0.1) is 23.3 Å². The van der Waals surface area contributed by atoms with Crippen molar-refractivity contribution >= 4 is 21.6 Å². The van der Waals surface area contributed by atoms with E-state index in [1.165, 1.54) is 6.26 Å². The molecule has 0 unspecified atom stereocenters. The smallest absolute Gasteiger partial charge is 0.417 e. The lowest BCUT2D eigenvalue weighted by atomic mass is 10.2. The molecule has 24 heavy (non-hydrogen) atoms. The van der Waals surface area contributed by atoms with Gasteiger partial charge in [-0.25, -0.2) is 8.42 Å². The van der Waals surface area contributed by atoms with Gasteiger partial charge in [-0.05, 0) is 43.2 Å². The Balaban J connectivity index is 2.06. The predicted molar refractivity (Wildman–Crippen MR) is 80.9 cm³/mol. The van der Waals surface area contributed by atoms with Gasteiger partial charge in [0.15, 0.2) is 0 Å².